The third kappa shape index (κ3) is 1.04. The fraction of sp³-hybridized carbons (Fsp3) is 0.538. The van der Waals surface area contributed by atoms with E-state index in [1.165, 1.54) is 24.8 Å². The Hall–Kier alpha value is -0.250. The summed E-state index contributed by atoms with van der Waals surface area (Å²) in [7, 11) is 0. The number of hydrogen-bond acceptors (Lipinski definition) is 1. The van der Waals surface area contributed by atoms with E-state index in [1.54, 1.807) is 5.56 Å². The lowest BCUT2D eigenvalue weighted by molar-refractivity contribution is 0.0220. The van der Waals surface area contributed by atoms with Gasteiger partial charge in [-0.3, -0.25) is 0 Å². The van der Waals surface area contributed by atoms with Crippen molar-refractivity contribution in [2.75, 3.05) is 6.61 Å². The second-order valence-corrected chi connectivity index (χ2v) is 7.67. The van der Waals surface area contributed by atoms with E-state index in [9.17, 15) is 0 Å². The van der Waals surface area contributed by atoms with Crippen LogP contribution in [0.1, 0.15) is 30.4 Å². The molecular weight excluding hydrogens is 299 g/mol. The zero-order chi connectivity index (χ0) is 10.1. The van der Waals surface area contributed by atoms with E-state index >= 15 is 0 Å². The first kappa shape index (κ1) is 8.85. The number of benzene rings is 1. The van der Waals surface area contributed by atoms with Gasteiger partial charge in [0.1, 0.15) is 5.75 Å². The molecule has 0 amide bonds. The van der Waals surface area contributed by atoms with Crippen molar-refractivity contribution < 1.29 is 4.74 Å². The van der Waals surface area contributed by atoms with E-state index in [0.717, 1.165) is 18.8 Å². The summed E-state index contributed by atoms with van der Waals surface area (Å²) in [6.07, 6.45) is 5.31. The standard InChI is InChI=1S/C13H13IO/c14-13-6-12(7-13,8-13)10-1-2-11-9(5-10)3-4-15-11/h1-2,5H,3-4,6-8H2. The van der Waals surface area contributed by atoms with E-state index in [0.29, 0.717) is 8.84 Å². The largest absolute Gasteiger partial charge is 0.493 e. The number of rotatable bonds is 1. The quantitative estimate of drug-likeness (QED) is 0.571. The van der Waals surface area contributed by atoms with Crippen molar-refractivity contribution in [3.8, 4) is 5.75 Å². The molecule has 3 fully saturated rings. The first-order chi connectivity index (χ1) is 7.19. The fourth-order valence-corrected chi connectivity index (χ4v) is 5.68. The monoisotopic (exact) mass is 312 g/mol. The van der Waals surface area contributed by atoms with Crippen LogP contribution in [0.5, 0.6) is 5.75 Å². The molecule has 3 saturated carbocycles. The summed E-state index contributed by atoms with van der Waals surface area (Å²) in [6.45, 7) is 0.877. The van der Waals surface area contributed by atoms with Gasteiger partial charge in [-0.25, -0.2) is 0 Å². The third-order valence-electron chi connectivity index (χ3n) is 4.27. The van der Waals surface area contributed by atoms with Crippen molar-refractivity contribution in [2.24, 2.45) is 0 Å². The van der Waals surface area contributed by atoms with Crippen LogP contribution in [0.25, 0.3) is 0 Å². The Morgan fingerprint density at radius 2 is 2.00 bits per heavy atom. The van der Waals surface area contributed by atoms with Crippen LogP contribution in [0, 0.1) is 0 Å². The van der Waals surface area contributed by atoms with Gasteiger partial charge in [0.25, 0.3) is 0 Å². The molecule has 2 bridgehead atoms. The second-order valence-electron chi connectivity index (χ2n) is 5.38. The molecule has 0 unspecified atom stereocenters. The number of halogens is 1. The molecule has 5 rings (SSSR count). The van der Waals surface area contributed by atoms with E-state index in [4.69, 9.17) is 4.74 Å². The minimum Gasteiger partial charge on any atom is -0.493 e. The molecule has 1 aromatic carbocycles. The highest BCUT2D eigenvalue weighted by Gasteiger charge is 2.67. The predicted molar refractivity (Wildman–Crippen MR) is 67.9 cm³/mol. The van der Waals surface area contributed by atoms with Crippen LogP contribution in [-0.2, 0) is 11.8 Å². The number of ether oxygens (including phenoxy) is 1. The highest BCUT2D eigenvalue weighted by molar-refractivity contribution is 14.1. The third-order valence-corrected chi connectivity index (χ3v) is 5.41. The second kappa shape index (κ2) is 2.53. The Morgan fingerprint density at radius 1 is 1.20 bits per heavy atom. The zero-order valence-electron chi connectivity index (χ0n) is 8.55. The average molecular weight is 312 g/mol. The molecule has 1 aliphatic heterocycles. The Balaban J connectivity index is 1.73. The molecule has 78 valence electrons. The Labute approximate surface area is 103 Å². The van der Waals surface area contributed by atoms with E-state index in [1.807, 2.05) is 0 Å². The lowest BCUT2D eigenvalue weighted by atomic mass is 9.42. The minimum absolute atomic E-state index is 0.568. The Kier molecular flexibility index (Phi) is 1.49. The number of hydrogen-bond donors (Lipinski definition) is 0. The van der Waals surface area contributed by atoms with Crippen LogP contribution in [0.4, 0.5) is 0 Å². The SMILES string of the molecule is IC12CC(c3ccc4c(c3)CCO4)(C1)C2. The maximum Gasteiger partial charge on any atom is 0.122 e. The van der Waals surface area contributed by atoms with Gasteiger partial charge in [0.05, 0.1) is 6.61 Å². The predicted octanol–water partition coefficient (Wildman–Crippen LogP) is 3.23. The molecule has 1 aromatic rings. The van der Waals surface area contributed by atoms with Gasteiger partial charge >= 0.3 is 0 Å². The highest BCUT2D eigenvalue weighted by atomic mass is 127. The van der Waals surface area contributed by atoms with Crippen LogP contribution in [0.3, 0.4) is 0 Å². The minimum atomic E-state index is 0.568. The van der Waals surface area contributed by atoms with Gasteiger partial charge in [0, 0.05) is 9.84 Å². The molecular formula is C13H13IO. The summed E-state index contributed by atoms with van der Waals surface area (Å²) in [5.74, 6) is 1.12. The summed E-state index contributed by atoms with van der Waals surface area (Å²) in [5, 5.41) is 0. The van der Waals surface area contributed by atoms with Gasteiger partial charge in [-0.1, -0.05) is 34.7 Å². The molecule has 1 nitrogen and oxygen atoms in total. The maximum atomic E-state index is 5.55. The van der Waals surface area contributed by atoms with Gasteiger partial charge in [-0.05, 0) is 41.9 Å². The molecule has 1 heterocycles. The molecule has 0 N–H and O–H groups in total. The van der Waals surface area contributed by atoms with Crippen molar-refractivity contribution in [3.63, 3.8) is 0 Å². The van der Waals surface area contributed by atoms with Crippen LogP contribution in [0.15, 0.2) is 18.2 Å². The van der Waals surface area contributed by atoms with Crippen LogP contribution in [-0.4, -0.2) is 10.0 Å². The maximum absolute atomic E-state index is 5.55. The van der Waals surface area contributed by atoms with Crippen LogP contribution in [0.2, 0.25) is 0 Å². The molecule has 0 atom stereocenters. The fourth-order valence-electron chi connectivity index (χ4n) is 3.49. The zero-order valence-corrected chi connectivity index (χ0v) is 10.7. The van der Waals surface area contributed by atoms with Crippen molar-refractivity contribution in [1.29, 1.82) is 0 Å². The Morgan fingerprint density at radius 3 is 2.73 bits per heavy atom. The Bertz CT molecular complexity index is 432. The molecule has 2 heteroatoms. The average Bonchev–Trinajstić information content (AvgIpc) is 2.57. The van der Waals surface area contributed by atoms with E-state index in [-0.39, 0.29) is 0 Å². The summed E-state index contributed by atoms with van der Waals surface area (Å²) < 4.78 is 6.22. The van der Waals surface area contributed by atoms with Gasteiger partial charge in [-0.2, -0.15) is 0 Å². The van der Waals surface area contributed by atoms with Gasteiger partial charge < -0.3 is 4.74 Å². The first-order valence-electron chi connectivity index (χ1n) is 5.64. The molecule has 15 heavy (non-hydrogen) atoms. The van der Waals surface area contributed by atoms with Gasteiger partial charge in [-0.15, -0.1) is 0 Å². The summed E-state index contributed by atoms with van der Waals surface area (Å²) in [6, 6.07) is 6.87. The topological polar surface area (TPSA) is 9.23 Å². The number of fused-ring (bicyclic) bond motifs is 1. The van der Waals surface area contributed by atoms with Crippen LogP contribution >= 0.6 is 22.6 Å². The van der Waals surface area contributed by atoms with Gasteiger partial charge in [0.15, 0.2) is 0 Å². The number of alkyl halides is 1. The van der Waals surface area contributed by atoms with E-state index in [2.05, 4.69) is 40.8 Å². The summed E-state index contributed by atoms with van der Waals surface area (Å²) >= 11 is 2.64. The van der Waals surface area contributed by atoms with Crippen LogP contribution < -0.4 is 4.74 Å². The lowest BCUT2D eigenvalue weighted by Crippen LogP contribution is -2.65. The summed E-state index contributed by atoms with van der Waals surface area (Å²) in [4.78, 5) is 0. The molecule has 0 aromatic heterocycles. The molecule has 4 aliphatic rings. The molecule has 0 radical (unpaired) electrons. The van der Waals surface area contributed by atoms with Crippen molar-refractivity contribution in [1.82, 2.24) is 0 Å². The smallest absolute Gasteiger partial charge is 0.122 e. The van der Waals surface area contributed by atoms with Crippen molar-refractivity contribution in [2.45, 2.75) is 34.5 Å². The molecule has 0 saturated heterocycles. The molecule has 3 aliphatic carbocycles. The first-order valence-corrected chi connectivity index (χ1v) is 6.72. The highest BCUT2D eigenvalue weighted by Crippen LogP contribution is 2.72. The van der Waals surface area contributed by atoms with E-state index < -0.39 is 0 Å². The van der Waals surface area contributed by atoms with Crippen molar-refractivity contribution >= 4 is 22.6 Å². The molecule has 0 spiro atoms. The van der Waals surface area contributed by atoms with Crippen molar-refractivity contribution in [3.05, 3.63) is 29.3 Å². The lowest BCUT2D eigenvalue weighted by Gasteiger charge is -2.68. The summed E-state index contributed by atoms with van der Waals surface area (Å²) in [5.41, 5.74) is 3.57. The van der Waals surface area contributed by atoms with Gasteiger partial charge in [0.2, 0.25) is 0 Å². The normalized spacial score (nSPS) is 40.1.